The molecule has 1 aromatic rings. The van der Waals surface area contributed by atoms with Crippen LogP contribution in [0.15, 0.2) is 18.5 Å². The molecule has 0 amide bonds. The van der Waals surface area contributed by atoms with Crippen LogP contribution in [0.1, 0.15) is 36.3 Å². The van der Waals surface area contributed by atoms with Crippen LogP contribution in [0.25, 0.3) is 0 Å². The molecule has 1 aliphatic rings. The van der Waals surface area contributed by atoms with Gasteiger partial charge >= 0.3 is 0 Å². The molecule has 1 fully saturated rings. The molecule has 0 aliphatic heterocycles. The van der Waals surface area contributed by atoms with E-state index in [1.807, 2.05) is 12.4 Å². The van der Waals surface area contributed by atoms with Gasteiger partial charge in [0.2, 0.25) is 0 Å². The van der Waals surface area contributed by atoms with Crippen molar-refractivity contribution in [3.63, 3.8) is 0 Å². The maximum atomic E-state index is 6.24. The number of rotatable bonds is 1. The van der Waals surface area contributed by atoms with Crippen LogP contribution in [0.3, 0.4) is 0 Å². The van der Waals surface area contributed by atoms with Gasteiger partial charge in [0.1, 0.15) is 0 Å². The van der Waals surface area contributed by atoms with Gasteiger partial charge in [-0.1, -0.05) is 12.5 Å². The highest BCUT2D eigenvalue weighted by atomic mass is 35.5. The molecule has 1 heterocycles. The highest BCUT2D eigenvalue weighted by Gasteiger charge is 2.26. The average molecular weight is 196 g/mol. The summed E-state index contributed by atoms with van der Waals surface area (Å²) >= 11 is 6.24. The van der Waals surface area contributed by atoms with Gasteiger partial charge in [0.25, 0.3) is 0 Å². The van der Waals surface area contributed by atoms with Crippen LogP contribution in [0, 0.1) is 6.92 Å². The van der Waals surface area contributed by atoms with Crippen molar-refractivity contribution in [3.8, 4) is 0 Å². The minimum atomic E-state index is 0.323. The smallest absolute Gasteiger partial charge is 0.0405 e. The Morgan fingerprint density at radius 2 is 2.23 bits per heavy atom. The predicted octanol–water partition coefficient (Wildman–Crippen LogP) is 3.26. The van der Waals surface area contributed by atoms with Crippen molar-refractivity contribution in [1.82, 2.24) is 4.98 Å². The van der Waals surface area contributed by atoms with E-state index in [-0.39, 0.29) is 0 Å². The first kappa shape index (κ1) is 9.01. The van der Waals surface area contributed by atoms with E-state index in [0.29, 0.717) is 11.3 Å². The topological polar surface area (TPSA) is 12.9 Å². The Hall–Kier alpha value is -0.560. The maximum Gasteiger partial charge on any atom is 0.0405 e. The summed E-state index contributed by atoms with van der Waals surface area (Å²) in [6, 6.07) is 2.21. The van der Waals surface area contributed by atoms with Crippen molar-refractivity contribution in [2.24, 2.45) is 0 Å². The van der Waals surface area contributed by atoms with Gasteiger partial charge in [0.05, 0.1) is 0 Å². The standard InChI is InChI=1S/C11H14ClN/c1-8-5-9(7-13-6-8)10-3-2-4-11(10)12/h5-7,10-11H,2-4H2,1H3. The molecule has 2 heteroatoms. The fraction of sp³-hybridized carbons (Fsp3) is 0.545. The Balaban J connectivity index is 2.24. The van der Waals surface area contributed by atoms with Crippen molar-refractivity contribution in [2.45, 2.75) is 37.5 Å². The lowest BCUT2D eigenvalue weighted by atomic mass is 9.98. The van der Waals surface area contributed by atoms with E-state index in [9.17, 15) is 0 Å². The molecule has 1 aromatic heterocycles. The monoisotopic (exact) mass is 195 g/mol. The van der Waals surface area contributed by atoms with Gasteiger partial charge in [0, 0.05) is 23.7 Å². The van der Waals surface area contributed by atoms with Gasteiger partial charge in [-0.3, -0.25) is 4.98 Å². The molecule has 0 bridgehead atoms. The Bertz CT molecular complexity index is 298. The zero-order valence-corrected chi connectivity index (χ0v) is 8.59. The summed E-state index contributed by atoms with van der Waals surface area (Å²) in [6.07, 6.45) is 7.48. The molecule has 0 aromatic carbocycles. The highest BCUT2D eigenvalue weighted by molar-refractivity contribution is 6.21. The van der Waals surface area contributed by atoms with Gasteiger partial charge in [-0.25, -0.2) is 0 Å². The molecule has 0 N–H and O–H groups in total. The molecule has 13 heavy (non-hydrogen) atoms. The Labute approximate surface area is 84.1 Å². The van der Waals surface area contributed by atoms with E-state index < -0.39 is 0 Å². The first-order chi connectivity index (χ1) is 6.27. The molecular weight excluding hydrogens is 182 g/mol. The number of hydrogen-bond acceptors (Lipinski definition) is 1. The molecule has 0 saturated heterocycles. The second-order valence-electron chi connectivity index (χ2n) is 3.85. The van der Waals surface area contributed by atoms with Crippen molar-refractivity contribution < 1.29 is 0 Å². The van der Waals surface area contributed by atoms with Crippen LogP contribution in [-0.2, 0) is 0 Å². The lowest BCUT2D eigenvalue weighted by Crippen LogP contribution is -2.05. The second-order valence-corrected chi connectivity index (χ2v) is 4.41. The first-order valence-corrected chi connectivity index (χ1v) is 5.26. The second kappa shape index (κ2) is 3.67. The largest absolute Gasteiger partial charge is 0.264 e. The molecule has 70 valence electrons. The number of pyridine rings is 1. The number of aromatic nitrogens is 1. The number of aryl methyl sites for hydroxylation is 1. The molecule has 2 rings (SSSR count). The van der Waals surface area contributed by atoms with Gasteiger partial charge in [-0.05, 0) is 30.9 Å². The Morgan fingerprint density at radius 3 is 2.85 bits per heavy atom. The van der Waals surface area contributed by atoms with E-state index in [0.717, 1.165) is 6.42 Å². The number of hydrogen-bond donors (Lipinski definition) is 0. The Morgan fingerprint density at radius 1 is 1.38 bits per heavy atom. The third kappa shape index (κ3) is 1.86. The summed E-state index contributed by atoms with van der Waals surface area (Å²) in [5, 5.41) is 0.323. The molecule has 0 radical (unpaired) electrons. The maximum absolute atomic E-state index is 6.24. The normalized spacial score (nSPS) is 27.8. The molecule has 1 saturated carbocycles. The molecular formula is C11H14ClN. The quantitative estimate of drug-likeness (QED) is 0.627. The summed E-state index contributed by atoms with van der Waals surface area (Å²) in [4.78, 5) is 4.20. The molecule has 2 unspecified atom stereocenters. The van der Waals surface area contributed by atoms with Crippen molar-refractivity contribution in [2.75, 3.05) is 0 Å². The Kier molecular flexibility index (Phi) is 2.54. The SMILES string of the molecule is Cc1cncc(C2CCCC2Cl)c1. The summed E-state index contributed by atoms with van der Waals surface area (Å²) in [7, 11) is 0. The van der Waals surface area contributed by atoms with Crippen LogP contribution in [0.5, 0.6) is 0 Å². The third-order valence-corrected chi connectivity index (χ3v) is 3.28. The lowest BCUT2D eigenvalue weighted by molar-refractivity contribution is 0.725. The van der Waals surface area contributed by atoms with Crippen LogP contribution >= 0.6 is 11.6 Å². The molecule has 1 nitrogen and oxygen atoms in total. The highest BCUT2D eigenvalue weighted by Crippen LogP contribution is 2.37. The number of halogens is 1. The summed E-state index contributed by atoms with van der Waals surface area (Å²) in [6.45, 7) is 2.08. The minimum Gasteiger partial charge on any atom is -0.264 e. The van der Waals surface area contributed by atoms with Crippen molar-refractivity contribution in [3.05, 3.63) is 29.6 Å². The van der Waals surface area contributed by atoms with Crippen molar-refractivity contribution >= 4 is 11.6 Å². The van der Waals surface area contributed by atoms with E-state index in [1.165, 1.54) is 24.0 Å². The fourth-order valence-corrected chi connectivity index (χ4v) is 2.50. The van der Waals surface area contributed by atoms with E-state index in [1.54, 1.807) is 0 Å². The van der Waals surface area contributed by atoms with Gasteiger partial charge < -0.3 is 0 Å². The third-order valence-electron chi connectivity index (χ3n) is 2.76. The van der Waals surface area contributed by atoms with Gasteiger partial charge in [-0.2, -0.15) is 0 Å². The van der Waals surface area contributed by atoms with E-state index >= 15 is 0 Å². The van der Waals surface area contributed by atoms with Crippen LogP contribution in [0.4, 0.5) is 0 Å². The van der Waals surface area contributed by atoms with Gasteiger partial charge in [0.15, 0.2) is 0 Å². The fourth-order valence-electron chi connectivity index (χ4n) is 2.07. The van der Waals surface area contributed by atoms with Crippen LogP contribution < -0.4 is 0 Å². The molecule has 1 aliphatic carbocycles. The van der Waals surface area contributed by atoms with Crippen molar-refractivity contribution in [1.29, 1.82) is 0 Å². The zero-order valence-electron chi connectivity index (χ0n) is 7.83. The average Bonchev–Trinajstić information content (AvgIpc) is 2.51. The predicted molar refractivity (Wildman–Crippen MR) is 55.2 cm³/mol. The van der Waals surface area contributed by atoms with Crippen LogP contribution in [-0.4, -0.2) is 10.4 Å². The number of nitrogens with zero attached hydrogens (tertiary/aromatic N) is 1. The van der Waals surface area contributed by atoms with E-state index in [4.69, 9.17) is 11.6 Å². The van der Waals surface area contributed by atoms with E-state index in [2.05, 4.69) is 18.0 Å². The van der Waals surface area contributed by atoms with Crippen LogP contribution in [0.2, 0.25) is 0 Å². The summed E-state index contributed by atoms with van der Waals surface area (Å²) in [5.41, 5.74) is 2.55. The summed E-state index contributed by atoms with van der Waals surface area (Å²) < 4.78 is 0. The first-order valence-electron chi connectivity index (χ1n) is 4.83. The minimum absolute atomic E-state index is 0.323. The zero-order chi connectivity index (χ0) is 9.26. The lowest BCUT2D eigenvalue weighted by Gasteiger charge is -2.13. The summed E-state index contributed by atoms with van der Waals surface area (Å²) in [5.74, 6) is 0.536. The molecule has 2 atom stereocenters. The van der Waals surface area contributed by atoms with Gasteiger partial charge in [-0.15, -0.1) is 11.6 Å². The molecule has 0 spiro atoms. The number of alkyl halides is 1.